The van der Waals surface area contributed by atoms with Gasteiger partial charge in [0.05, 0.1) is 20.8 Å². The Morgan fingerprint density at radius 2 is 1.91 bits per heavy atom. The Balaban J connectivity index is 1.85. The molecule has 116 valence electrons. The fraction of sp³-hybridized carbons (Fsp3) is 0.182. The molecular formula is C11H8Cl3N5O3. The number of halogens is 3. The normalized spacial score (nSPS) is 10.3. The molecule has 0 atom stereocenters. The monoisotopic (exact) mass is 363 g/mol. The van der Waals surface area contributed by atoms with Crippen LogP contribution in [0.2, 0.25) is 15.1 Å². The minimum Gasteiger partial charge on any atom is -0.454 e. The minimum atomic E-state index is -0.664. The Morgan fingerprint density at radius 3 is 2.59 bits per heavy atom. The summed E-state index contributed by atoms with van der Waals surface area (Å²) in [6.07, 6.45) is 1.25. The molecule has 0 unspecified atom stereocenters. The van der Waals surface area contributed by atoms with Crippen molar-refractivity contribution in [3.8, 4) is 0 Å². The van der Waals surface area contributed by atoms with Crippen molar-refractivity contribution in [2.45, 2.75) is 6.54 Å². The molecule has 0 saturated carbocycles. The highest BCUT2D eigenvalue weighted by Gasteiger charge is 2.12. The Labute approximate surface area is 139 Å². The van der Waals surface area contributed by atoms with E-state index in [9.17, 15) is 9.59 Å². The third-order valence-corrected chi connectivity index (χ3v) is 3.37. The molecule has 0 bridgehead atoms. The summed E-state index contributed by atoms with van der Waals surface area (Å²) in [7, 11) is 0. The summed E-state index contributed by atoms with van der Waals surface area (Å²) in [5, 5.41) is 13.4. The number of carbonyl (C=O) groups is 2. The predicted octanol–water partition coefficient (Wildman–Crippen LogP) is 1.82. The van der Waals surface area contributed by atoms with E-state index in [0.29, 0.717) is 0 Å². The Kier molecular flexibility index (Phi) is 5.53. The van der Waals surface area contributed by atoms with E-state index in [0.717, 1.165) is 4.68 Å². The first-order valence-electron chi connectivity index (χ1n) is 5.76. The molecule has 0 aliphatic rings. The molecule has 1 aromatic carbocycles. The second-order valence-corrected chi connectivity index (χ2v) is 5.18. The zero-order valence-electron chi connectivity index (χ0n) is 10.8. The third-order valence-electron chi connectivity index (χ3n) is 2.33. The van der Waals surface area contributed by atoms with Crippen molar-refractivity contribution in [2.75, 3.05) is 11.9 Å². The molecule has 0 saturated heterocycles. The molecule has 0 aliphatic heterocycles. The third kappa shape index (κ3) is 4.55. The van der Waals surface area contributed by atoms with Gasteiger partial charge < -0.3 is 10.1 Å². The number of nitrogens with zero attached hydrogens (tertiary/aromatic N) is 4. The molecule has 0 spiro atoms. The van der Waals surface area contributed by atoms with Crippen molar-refractivity contribution in [1.29, 1.82) is 0 Å². The molecule has 1 N–H and O–H groups in total. The zero-order valence-corrected chi connectivity index (χ0v) is 13.1. The van der Waals surface area contributed by atoms with Crippen LogP contribution in [0.3, 0.4) is 0 Å². The van der Waals surface area contributed by atoms with E-state index in [1.54, 1.807) is 0 Å². The Hall–Kier alpha value is -1.90. The number of ether oxygens (including phenoxy) is 1. The first-order valence-corrected chi connectivity index (χ1v) is 6.90. The summed E-state index contributed by atoms with van der Waals surface area (Å²) in [5.41, 5.74) is 0.262. The van der Waals surface area contributed by atoms with Gasteiger partial charge in [-0.15, -0.1) is 5.10 Å². The highest BCUT2D eigenvalue weighted by molar-refractivity contribution is 6.44. The van der Waals surface area contributed by atoms with Crippen LogP contribution in [0, 0.1) is 0 Å². The van der Waals surface area contributed by atoms with Gasteiger partial charge in [-0.1, -0.05) is 34.8 Å². The Bertz CT molecular complexity index is 693. The number of rotatable bonds is 5. The first kappa shape index (κ1) is 16.5. The van der Waals surface area contributed by atoms with Crippen LogP contribution in [0.4, 0.5) is 5.69 Å². The first-order chi connectivity index (χ1) is 10.5. The van der Waals surface area contributed by atoms with Gasteiger partial charge in [-0.3, -0.25) is 9.59 Å². The molecule has 2 rings (SSSR count). The second kappa shape index (κ2) is 7.39. The van der Waals surface area contributed by atoms with Crippen molar-refractivity contribution >= 4 is 52.4 Å². The van der Waals surface area contributed by atoms with Crippen molar-refractivity contribution in [1.82, 2.24) is 20.2 Å². The number of carbonyl (C=O) groups excluding carboxylic acids is 2. The summed E-state index contributed by atoms with van der Waals surface area (Å²) >= 11 is 17.5. The number of nitrogens with one attached hydrogen (secondary N) is 1. The molecule has 0 fully saturated rings. The minimum absolute atomic E-state index is 0.201. The van der Waals surface area contributed by atoms with E-state index in [1.807, 2.05) is 0 Å². The quantitative estimate of drug-likeness (QED) is 0.642. The number of hydrogen-bond donors (Lipinski definition) is 1. The van der Waals surface area contributed by atoms with Gasteiger partial charge in [0.15, 0.2) is 6.61 Å². The lowest BCUT2D eigenvalue weighted by Gasteiger charge is -2.09. The average Bonchev–Trinajstić information content (AvgIpc) is 2.95. The smallest absolute Gasteiger partial charge is 0.328 e. The molecule has 1 aromatic heterocycles. The molecule has 22 heavy (non-hydrogen) atoms. The summed E-state index contributed by atoms with van der Waals surface area (Å²) in [5.74, 6) is -1.24. The number of aromatic nitrogens is 4. The van der Waals surface area contributed by atoms with Crippen LogP contribution in [0.25, 0.3) is 0 Å². The SMILES string of the molecule is O=C(COC(=O)Cn1cnnn1)Nc1cc(Cl)c(Cl)cc1Cl. The van der Waals surface area contributed by atoms with E-state index in [-0.39, 0.29) is 27.3 Å². The van der Waals surface area contributed by atoms with Crippen LogP contribution in [0.1, 0.15) is 0 Å². The number of esters is 1. The molecule has 0 radical (unpaired) electrons. The van der Waals surface area contributed by atoms with Gasteiger partial charge >= 0.3 is 5.97 Å². The van der Waals surface area contributed by atoms with Crippen molar-refractivity contribution < 1.29 is 14.3 Å². The van der Waals surface area contributed by atoms with Gasteiger partial charge in [-0.2, -0.15) is 0 Å². The number of amides is 1. The largest absolute Gasteiger partial charge is 0.454 e. The van der Waals surface area contributed by atoms with Gasteiger partial charge in [0.2, 0.25) is 0 Å². The van der Waals surface area contributed by atoms with Crippen LogP contribution < -0.4 is 5.32 Å². The van der Waals surface area contributed by atoms with E-state index < -0.39 is 18.5 Å². The number of benzene rings is 1. The zero-order chi connectivity index (χ0) is 16.1. The molecule has 11 heteroatoms. The summed E-state index contributed by atoms with van der Waals surface area (Å²) in [4.78, 5) is 23.1. The van der Waals surface area contributed by atoms with Gasteiger partial charge in [-0.25, -0.2) is 4.68 Å². The second-order valence-electron chi connectivity index (χ2n) is 3.96. The molecule has 8 nitrogen and oxygen atoms in total. The van der Waals surface area contributed by atoms with Crippen LogP contribution in [0.15, 0.2) is 18.5 Å². The van der Waals surface area contributed by atoms with Crippen LogP contribution >= 0.6 is 34.8 Å². The van der Waals surface area contributed by atoms with Crippen LogP contribution in [-0.4, -0.2) is 38.7 Å². The molecule has 0 aliphatic carbocycles. The van der Waals surface area contributed by atoms with E-state index in [1.165, 1.54) is 18.5 Å². The standard InChI is InChI=1S/C11H8Cl3N5O3/c12-6-1-8(14)9(2-7(6)13)16-10(20)4-22-11(21)3-19-5-15-17-18-19/h1-2,5H,3-4H2,(H,16,20). The number of hydrogen-bond acceptors (Lipinski definition) is 6. The van der Waals surface area contributed by atoms with Gasteiger partial charge in [0.1, 0.15) is 12.9 Å². The lowest BCUT2D eigenvalue weighted by atomic mass is 10.3. The highest BCUT2D eigenvalue weighted by atomic mass is 35.5. The van der Waals surface area contributed by atoms with Gasteiger partial charge in [0, 0.05) is 0 Å². The van der Waals surface area contributed by atoms with E-state index >= 15 is 0 Å². The van der Waals surface area contributed by atoms with E-state index in [4.69, 9.17) is 39.5 Å². The average molecular weight is 365 g/mol. The maximum atomic E-state index is 11.7. The summed E-state index contributed by atoms with van der Waals surface area (Å²) in [6, 6.07) is 2.79. The van der Waals surface area contributed by atoms with Crippen molar-refractivity contribution in [3.63, 3.8) is 0 Å². The van der Waals surface area contributed by atoms with Gasteiger partial charge in [0.25, 0.3) is 5.91 Å². The number of tetrazole rings is 1. The molecular weight excluding hydrogens is 357 g/mol. The van der Waals surface area contributed by atoms with Crippen molar-refractivity contribution in [2.24, 2.45) is 0 Å². The van der Waals surface area contributed by atoms with Crippen LogP contribution in [-0.2, 0) is 20.9 Å². The summed E-state index contributed by atoms with van der Waals surface area (Å²) in [6.45, 7) is -0.689. The lowest BCUT2D eigenvalue weighted by molar-refractivity contribution is -0.148. The van der Waals surface area contributed by atoms with Crippen LogP contribution in [0.5, 0.6) is 0 Å². The topological polar surface area (TPSA) is 99.0 Å². The van der Waals surface area contributed by atoms with Gasteiger partial charge in [-0.05, 0) is 22.6 Å². The summed E-state index contributed by atoms with van der Waals surface area (Å²) < 4.78 is 5.94. The fourth-order valence-corrected chi connectivity index (χ4v) is 1.98. The van der Waals surface area contributed by atoms with Crippen molar-refractivity contribution in [3.05, 3.63) is 33.5 Å². The maximum absolute atomic E-state index is 11.7. The number of anilines is 1. The molecule has 1 amide bonds. The lowest BCUT2D eigenvalue weighted by Crippen LogP contribution is -2.23. The predicted molar refractivity (Wildman–Crippen MR) is 78.9 cm³/mol. The Morgan fingerprint density at radius 1 is 1.18 bits per heavy atom. The van der Waals surface area contributed by atoms with E-state index in [2.05, 4.69) is 20.8 Å². The molecule has 2 aromatic rings. The highest BCUT2D eigenvalue weighted by Crippen LogP contribution is 2.32. The maximum Gasteiger partial charge on any atom is 0.328 e. The fourth-order valence-electron chi connectivity index (χ4n) is 1.38. The molecule has 1 heterocycles.